The minimum Gasteiger partial charge on any atom is -0.380 e. The number of hydrogen-bond donors (Lipinski definition) is 1. The normalized spacial score (nSPS) is 12.1. The van der Waals surface area contributed by atoms with Crippen LogP contribution in [0.2, 0.25) is 0 Å². The SMILES string of the molecule is COC(C)CNCc1ccc(C#N)cc1. The van der Waals surface area contributed by atoms with Crippen LogP contribution in [0.3, 0.4) is 0 Å². The molecule has 80 valence electrons. The zero-order chi connectivity index (χ0) is 11.1. The predicted octanol–water partition coefficient (Wildman–Crippen LogP) is 1.68. The Morgan fingerprint density at radius 2 is 2.07 bits per heavy atom. The summed E-state index contributed by atoms with van der Waals surface area (Å²) in [5.74, 6) is 0. The molecule has 1 N–H and O–H groups in total. The van der Waals surface area contributed by atoms with E-state index in [0.717, 1.165) is 13.1 Å². The minimum absolute atomic E-state index is 0.225. The molecular weight excluding hydrogens is 188 g/mol. The standard InChI is InChI=1S/C12H16N2O/c1-10(15-2)8-14-9-12-5-3-11(7-13)4-6-12/h3-6,10,14H,8-9H2,1-2H3. The quantitative estimate of drug-likeness (QED) is 0.793. The molecule has 1 rings (SSSR count). The Labute approximate surface area is 90.7 Å². The first-order valence-corrected chi connectivity index (χ1v) is 4.99. The topological polar surface area (TPSA) is 45.0 Å². The molecule has 0 spiro atoms. The number of ether oxygens (including phenoxy) is 1. The van der Waals surface area contributed by atoms with Crippen molar-refractivity contribution in [1.29, 1.82) is 5.26 Å². The summed E-state index contributed by atoms with van der Waals surface area (Å²) in [4.78, 5) is 0. The van der Waals surface area contributed by atoms with Crippen LogP contribution in [-0.4, -0.2) is 19.8 Å². The maximum Gasteiger partial charge on any atom is 0.0991 e. The molecule has 0 saturated heterocycles. The molecule has 0 amide bonds. The van der Waals surface area contributed by atoms with Crippen LogP contribution in [0.4, 0.5) is 0 Å². The molecule has 1 aromatic carbocycles. The number of nitriles is 1. The van der Waals surface area contributed by atoms with Gasteiger partial charge in [0.1, 0.15) is 0 Å². The van der Waals surface area contributed by atoms with E-state index in [9.17, 15) is 0 Å². The Balaban J connectivity index is 2.35. The van der Waals surface area contributed by atoms with Gasteiger partial charge in [-0.2, -0.15) is 5.26 Å². The molecule has 0 heterocycles. The Morgan fingerprint density at radius 3 is 2.60 bits per heavy atom. The van der Waals surface area contributed by atoms with Gasteiger partial charge in [-0.15, -0.1) is 0 Å². The zero-order valence-electron chi connectivity index (χ0n) is 9.16. The van der Waals surface area contributed by atoms with E-state index >= 15 is 0 Å². The number of methoxy groups -OCH3 is 1. The summed E-state index contributed by atoms with van der Waals surface area (Å²) in [7, 11) is 1.70. The average Bonchev–Trinajstić information content (AvgIpc) is 2.29. The number of rotatable bonds is 5. The number of nitrogens with zero attached hydrogens (tertiary/aromatic N) is 1. The molecule has 0 bridgehead atoms. The van der Waals surface area contributed by atoms with Crippen molar-refractivity contribution in [3.05, 3.63) is 35.4 Å². The minimum atomic E-state index is 0.225. The molecule has 15 heavy (non-hydrogen) atoms. The van der Waals surface area contributed by atoms with Gasteiger partial charge in [0.2, 0.25) is 0 Å². The lowest BCUT2D eigenvalue weighted by Gasteiger charge is -2.10. The van der Waals surface area contributed by atoms with Gasteiger partial charge in [0.25, 0.3) is 0 Å². The predicted molar refractivity (Wildman–Crippen MR) is 59.3 cm³/mol. The molecule has 0 aliphatic rings. The number of nitrogens with one attached hydrogen (secondary N) is 1. The fourth-order valence-corrected chi connectivity index (χ4v) is 1.20. The van der Waals surface area contributed by atoms with Gasteiger partial charge in [0.15, 0.2) is 0 Å². The van der Waals surface area contributed by atoms with Gasteiger partial charge < -0.3 is 10.1 Å². The van der Waals surface area contributed by atoms with Gasteiger partial charge in [0, 0.05) is 20.2 Å². The lowest BCUT2D eigenvalue weighted by molar-refractivity contribution is 0.117. The largest absolute Gasteiger partial charge is 0.380 e. The van der Waals surface area contributed by atoms with Crippen molar-refractivity contribution in [3.8, 4) is 6.07 Å². The molecule has 1 atom stereocenters. The molecule has 3 nitrogen and oxygen atoms in total. The van der Waals surface area contributed by atoms with Gasteiger partial charge in [-0.3, -0.25) is 0 Å². The van der Waals surface area contributed by atoms with Crippen LogP contribution in [0.1, 0.15) is 18.1 Å². The molecule has 0 saturated carbocycles. The molecule has 3 heteroatoms. The van der Waals surface area contributed by atoms with Crippen molar-refractivity contribution < 1.29 is 4.74 Å². The van der Waals surface area contributed by atoms with Gasteiger partial charge in [-0.1, -0.05) is 12.1 Å². The van der Waals surface area contributed by atoms with Crippen LogP contribution in [0, 0.1) is 11.3 Å². The first kappa shape index (κ1) is 11.7. The summed E-state index contributed by atoms with van der Waals surface area (Å²) in [6.45, 7) is 3.65. The van der Waals surface area contributed by atoms with E-state index in [1.54, 1.807) is 7.11 Å². The van der Waals surface area contributed by atoms with Crippen molar-refractivity contribution >= 4 is 0 Å². The summed E-state index contributed by atoms with van der Waals surface area (Å²) in [5.41, 5.74) is 1.88. The molecule has 1 aromatic rings. The molecule has 0 aliphatic heterocycles. The highest BCUT2D eigenvalue weighted by atomic mass is 16.5. The number of hydrogen-bond acceptors (Lipinski definition) is 3. The fraction of sp³-hybridized carbons (Fsp3) is 0.417. The number of benzene rings is 1. The zero-order valence-corrected chi connectivity index (χ0v) is 9.16. The summed E-state index contributed by atoms with van der Waals surface area (Å²) in [6, 6.07) is 9.68. The van der Waals surface area contributed by atoms with E-state index in [4.69, 9.17) is 10.00 Å². The maximum atomic E-state index is 8.63. The lowest BCUT2D eigenvalue weighted by atomic mass is 10.1. The molecular formula is C12H16N2O. The Hall–Kier alpha value is -1.37. The smallest absolute Gasteiger partial charge is 0.0991 e. The van der Waals surface area contributed by atoms with Crippen molar-refractivity contribution in [2.75, 3.05) is 13.7 Å². The van der Waals surface area contributed by atoms with E-state index in [0.29, 0.717) is 5.56 Å². The van der Waals surface area contributed by atoms with Crippen LogP contribution < -0.4 is 5.32 Å². The van der Waals surface area contributed by atoms with Gasteiger partial charge in [-0.25, -0.2) is 0 Å². The van der Waals surface area contributed by atoms with Crippen LogP contribution in [0.5, 0.6) is 0 Å². The van der Waals surface area contributed by atoms with E-state index in [1.165, 1.54) is 5.56 Å². The monoisotopic (exact) mass is 204 g/mol. The summed E-state index contributed by atoms with van der Waals surface area (Å²) < 4.78 is 5.12. The molecule has 0 fully saturated rings. The van der Waals surface area contributed by atoms with Crippen LogP contribution >= 0.6 is 0 Å². The highest BCUT2D eigenvalue weighted by Crippen LogP contribution is 2.02. The van der Waals surface area contributed by atoms with Crippen molar-refractivity contribution in [1.82, 2.24) is 5.32 Å². The van der Waals surface area contributed by atoms with Crippen molar-refractivity contribution in [2.24, 2.45) is 0 Å². The summed E-state index contributed by atoms with van der Waals surface area (Å²) in [5, 5.41) is 11.9. The third-order valence-electron chi connectivity index (χ3n) is 2.25. The maximum absolute atomic E-state index is 8.63. The van der Waals surface area contributed by atoms with Gasteiger partial charge >= 0.3 is 0 Å². The highest BCUT2D eigenvalue weighted by molar-refractivity contribution is 5.31. The third-order valence-corrected chi connectivity index (χ3v) is 2.25. The summed E-state index contributed by atoms with van der Waals surface area (Å²) in [6.07, 6.45) is 0.225. The lowest BCUT2D eigenvalue weighted by Crippen LogP contribution is -2.25. The van der Waals surface area contributed by atoms with E-state index < -0.39 is 0 Å². The van der Waals surface area contributed by atoms with Crippen LogP contribution in [0.15, 0.2) is 24.3 Å². The Morgan fingerprint density at radius 1 is 1.40 bits per heavy atom. The summed E-state index contributed by atoms with van der Waals surface area (Å²) >= 11 is 0. The van der Waals surface area contributed by atoms with Gasteiger partial charge in [-0.05, 0) is 24.6 Å². The van der Waals surface area contributed by atoms with Crippen molar-refractivity contribution in [2.45, 2.75) is 19.6 Å². The highest BCUT2D eigenvalue weighted by Gasteiger charge is 1.98. The van der Waals surface area contributed by atoms with E-state index in [1.807, 2.05) is 31.2 Å². The molecule has 0 aromatic heterocycles. The van der Waals surface area contributed by atoms with E-state index in [2.05, 4.69) is 11.4 Å². The Kier molecular flexibility index (Phi) is 4.82. The first-order chi connectivity index (χ1) is 7.26. The van der Waals surface area contributed by atoms with E-state index in [-0.39, 0.29) is 6.10 Å². The molecule has 0 aliphatic carbocycles. The van der Waals surface area contributed by atoms with Crippen LogP contribution in [0.25, 0.3) is 0 Å². The second-order valence-electron chi connectivity index (χ2n) is 3.49. The average molecular weight is 204 g/mol. The third kappa shape index (κ3) is 4.11. The van der Waals surface area contributed by atoms with Gasteiger partial charge in [0.05, 0.1) is 17.7 Å². The van der Waals surface area contributed by atoms with Crippen molar-refractivity contribution in [3.63, 3.8) is 0 Å². The fourth-order valence-electron chi connectivity index (χ4n) is 1.20. The first-order valence-electron chi connectivity index (χ1n) is 4.99. The van der Waals surface area contributed by atoms with Crippen LogP contribution in [-0.2, 0) is 11.3 Å². The molecule has 0 radical (unpaired) electrons. The molecule has 1 unspecified atom stereocenters. The second-order valence-corrected chi connectivity index (χ2v) is 3.49. The second kappa shape index (κ2) is 6.18. The Bertz CT molecular complexity index is 326.